The lowest BCUT2D eigenvalue weighted by molar-refractivity contribution is -0.124. The van der Waals surface area contributed by atoms with E-state index in [-0.39, 0.29) is 5.91 Å². The van der Waals surface area contributed by atoms with Gasteiger partial charge in [-0.2, -0.15) is 14.5 Å². The number of nitrogens with zero attached hydrogens (tertiary/aromatic N) is 5. The lowest BCUT2D eigenvalue weighted by Crippen LogP contribution is -2.31. The van der Waals surface area contributed by atoms with E-state index in [0.29, 0.717) is 38.3 Å². The van der Waals surface area contributed by atoms with Gasteiger partial charge in [0.2, 0.25) is 15.9 Å². The lowest BCUT2D eigenvalue weighted by Gasteiger charge is -2.16. The average Bonchev–Trinajstić information content (AvgIpc) is 3.11. The summed E-state index contributed by atoms with van der Waals surface area (Å²) in [6, 6.07) is 1.44. The molecule has 1 aliphatic heterocycles. The fraction of sp³-hybridized carbons (Fsp3) is 0.562. The SMILES string of the molecule is Cc1cnn([C@@H](C)C(=O)NCc2cc3n(n2)CCCN(S(C)(=O)=O)C3)c1. The van der Waals surface area contributed by atoms with Crippen LogP contribution in [-0.2, 0) is 34.5 Å². The Labute approximate surface area is 153 Å². The largest absolute Gasteiger partial charge is 0.349 e. The second-order valence-electron chi connectivity index (χ2n) is 6.69. The highest BCUT2D eigenvalue weighted by molar-refractivity contribution is 7.88. The van der Waals surface area contributed by atoms with Gasteiger partial charge in [0.25, 0.3) is 0 Å². The monoisotopic (exact) mass is 380 g/mol. The van der Waals surface area contributed by atoms with Crippen molar-refractivity contribution in [1.82, 2.24) is 29.2 Å². The van der Waals surface area contributed by atoms with Gasteiger partial charge in [-0.25, -0.2) is 8.42 Å². The van der Waals surface area contributed by atoms with E-state index >= 15 is 0 Å². The minimum Gasteiger partial charge on any atom is -0.349 e. The first-order valence-corrected chi connectivity index (χ1v) is 10.4. The smallest absolute Gasteiger partial charge is 0.244 e. The molecule has 0 radical (unpaired) electrons. The van der Waals surface area contributed by atoms with Crippen LogP contribution in [0.15, 0.2) is 18.5 Å². The molecule has 0 spiro atoms. The van der Waals surface area contributed by atoms with Crippen LogP contribution in [0.2, 0.25) is 0 Å². The number of aryl methyl sites for hydroxylation is 2. The molecule has 3 rings (SSSR count). The lowest BCUT2D eigenvalue weighted by atomic mass is 10.3. The number of fused-ring (bicyclic) bond motifs is 1. The molecule has 0 aliphatic carbocycles. The minimum absolute atomic E-state index is 0.144. The number of hydrogen-bond acceptors (Lipinski definition) is 5. The summed E-state index contributed by atoms with van der Waals surface area (Å²) in [5, 5.41) is 11.5. The van der Waals surface area contributed by atoms with Crippen molar-refractivity contribution in [1.29, 1.82) is 0 Å². The molecule has 0 bridgehead atoms. The van der Waals surface area contributed by atoms with Crippen LogP contribution >= 0.6 is 0 Å². The van der Waals surface area contributed by atoms with Crippen molar-refractivity contribution in [3.05, 3.63) is 35.4 Å². The summed E-state index contributed by atoms with van der Waals surface area (Å²) >= 11 is 0. The van der Waals surface area contributed by atoms with Crippen LogP contribution in [0.3, 0.4) is 0 Å². The number of sulfonamides is 1. The third-order valence-electron chi connectivity index (χ3n) is 4.45. The van der Waals surface area contributed by atoms with E-state index in [1.54, 1.807) is 17.8 Å². The zero-order valence-electron chi connectivity index (χ0n) is 15.2. The van der Waals surface area contributed by atoms with Crippen molar-refractivity contribution >= 4 is 15.9 Å². The van der Waals surface area contributed by atoms with Crippen molar-refractivity contribution in [2.75, 3.05) is 12.8 Å². The molecule has 0 saturated carbocycles. The number of aromatic nitrogens is 4. The van der Waals surface area contributed by atoms with Gasteiger partial charge in [0, 0.05) is 19.3 Å². The molecule has 3 heterocycles. The van der Waals surface area contributed by atoms with Crippen molar-refractivity contribution in [3.63, 3.8) is 0 Å². The average molecular weight is 380 g/mol. The Bertz CT molecular complexity index is 901. The number of amides is 1. The highest BCUT2D eigenvalue weighted by Crippen LogP contribution is 2.16. The van der Waals surface area contributed by atoms with Crippen LogP contribution in [-0.4, -0.2) is 51.0 Å². The van der Waals surface area contributed by atoms with Gasteiger partial charge in [-0.3, -0.25) is 14.2 Å². The number of carbonyl (C=O) groups excluding carboxylic acids is 1. The van der Waals surface area contributed by atoms with Crippen LogP contribution in [0.5, 0.6) is 0 Å². The normalized spacial score (nSPS) is 16.7. The molecule has 0 unspecified atom stereocenters. The molecule has 0 fully saturated rings. The van der Waals surface area contributed by atoms with Crippen molar-refractivity contribution in [3.8, 4) is 0 Å². The number of hydrogen-bond donors (Lipinski definition) is 1. The third kappa shape index (κ3) is 4.13. The molecule has 0 saturated heterocycles. The Balaban J connectivity index is 1.64. The predicted octanol–water partition coefficient (Wildman–Crippen LogP) is 0.431. The Morgan fingerprint density at radius 2 is 2.15 bits per heavy atom. The van der Waals surface area contributed by atoms with E-state index < -0.39 is 16.1 Å². The summed E-state index contributed by atoms with van der Waals surface area (Å²) < 4.78 is 28.5. The maximum absolute atomic E-state index is 12.3. The fourth-order valence-electron chi connectivity index (χ4n) is 2.95. The van der Waals surface area contributed by atoms with Crippen LogP contribution in [0.4, 0.5) is 0 Å². The Morgan fingerprint density at radius 1 is 1.38 bits per heavy atom. The van der Waals surface area contributed by atoms with Gasteiger partial charge in [0.15, 0.2) is 0 Å². The molecule has 0 aromatic carbocycles. The summed E-state index contributed by atoms with van der Waals surface area (Å²) in [7, 11) is -3.24. The molecular formula is C16H24N6O3S. The van der Waals surface area contributed by atoms with E-state index in [0.717, 1.165) is 11.3 Å². The van der Waals surface area contributed by atoms with Gasteiger partial charge in [-0.1, -0.05) is 0 Å². The van der Waals surface area contributed by atoms with Crippen molar-refractivity contribution in [2.24, 2.45) is 0 Å². The standard InChI is InChI=1S/C16H24N6O3S/c1-12-8-18-22(10-12)13(2)16(23)17-9-14-7-15-11-20(26(3,24)25)5-4-6-21(15)19-14/h7-8,10,13H,4-6,9,11H2,1-3H3,(H,17,23)/t13-/m0/s1. The molecule has 1 aliphatic rings. The van der Waals surface area contributed by atoms with E-state index in [9.17, 15) is 13.2 Å². The molecule has 9 nitrogen and oxygen atoms in total. The first-order valence-electron chi connectivity index (χ1n) is 8.53. The summed E-state index contributed by atoms with van der Waals surface area (Å²) in [4.78, 5) is 12.3. The second-order valence-corrected chi connectivity index (χ2v) is 8.67. The molecule has 142 valence electrons. The van der Waals surface area contributed by atoms with E-state index in [1.165, 1.54) is 10.6 Å². The molecule has 1 atom stereocenters. The van der Waals surface area contributed by atoms with Crippen LogP contribution in [0.25, 0.3) is 0 Å². The number of rotatable bonds is 5. The third-order valence-corrected chi connectivity index (χ3v) is 5.70. The first kappa shape index (κ1) is 18.6. The van der Waals surface area contributed by atoms with E-state index in [4.69, 9.17) is 0 Å². The van der Waals surface area contributed by atoms with Gasteiger partial charge < -0.3 is 5.32 Å². The highest BCUT2D eigenvalue weighted by Gasteiger charge is 2.23. The fourth-order valence-corrected chi connectivity index (χ4v) is 3.78. The minimum atomic E-state index is -3.24. The quantitative estimate of drug-likeness (QED) is 0.810. The number of nitrogens with one attached hydrogen (secondary N) is 1. The van der Waals surface area contributed by atoms with Gasteiger partial charge in [-0.05, 0) is 31.9 Å². The maximum atomic E-state index is 12.3. The first-order chi connectivity index (χ1) is 12.2. The molecule has 1 amide bonds. The Hall–Kier alpha value is -2.20. The maximum Gasteiger partial charge on any atom is 0.244 e. The molecule has 1 N–H and O–H groups in total. The zero-order valence-corrected chi connectivity index (χ0v) is 16.0. The molecule has 2 aromatic rings. The summed E-state index contributed by atoms with van der Waals surface area (Å²) in [6.07, 6.45) is 5.47. The van der Waals surface area contributed by atoms with Crippen LogP contribution < -0.4 is 5.32 Å². The van der Waals surface area contributed by atoms with E-state index in [1.807, 2.05) is 23.9 Å². The number of carbonyl (C=O) groups is 1. The predicted molar refractivity (Wildman–Crippen MR) is 95.6 cm³/mol. The van der Waals surface area contributed by atoms with Gasteiger partial charge >= 0.3 is 0 Å². The zero-order chi connectivity index (χ0) is 18.9. The summed E-state index contributed by atoms with van der Waals surface area (Å²) in [6.45, 7) is 5.47. The molecular weight excluding hydrogens is 356 g/mol. The van der Waals surface area contributed by atoms with Crippen LogP contribution in [0.1, 0.15) is 36.3 Å². The van der Waals surface area contributed by atoms with Gasteiger partial charge in [0.05, 0.1) is 36.9 Å². The summed E-state index contributed by atoms with van der Waals surface area (Å²) in [5.41, 5.74) is 2.55. The highest BCUT2D eigenvalue weighted by atomic mass is 32.2. The van der Waals surface area contributed by atoms with Gasteiger partial charge in [0.1, 0.15) is 6.04 Å². The van der Waals surface area contributed by atoms with Crippen LogP contribution in [0, 0.1) is 6.92 Å². The Kier molecular flexibility index (Phi) is 5.15. The van der Waals surface area contributed by atoms with Crippen molar-refractivity contribution in [2.45, 2.75) is 45.9 Å². The summed E-state index contributed by atoms with van der Waals surface area (Å²) in [5.74, 6) is -0.144. The molecule has 2 aromatic heterocycles. The van der Waals surface area contributed by atoms with Crippen molar-refractivity contribution < 1.29 is 13.2 Å². The van der Waals surface area contributed by atoms with E-state index in [2.05, 4.69) is 15.5 Å². The topological polar surface area (TPSA) is 102 Å². The molecule has 26 heavy (non-hydrogen) atoms. The second kappa shape index (κ2) is 7.20. The molecule has 10 heteroatoms. The van der Waals surface area contributed by atoms with Gasteiger partial charge in [-0.15, -0.1) is 0 Å². The Morgan fingerprint density at radius 3 is 2.81 bits per heavy atom.